The van der Waals surface area contributed by atoms with Gasteiger partial charge in [0.05, 0.1) is 0 Å². The Morgan fingerprint density at radius 1 is 0.565 bits per heavy atom. The van der Waals surface area contributed by atoms with E-state index in [0.29, 0.717) is 0 Å². The molecule has 2 unspecified atom stereocenters. The zero-order chi connectivity index (χ0) is 17.7. The smallest absolute Gasteiger partial charge is 0.0298 e. The van der Waals surface area contributed by atoms with Crippen molar-refractivity contribution in [1.29, 1.82) is 0 Å². The van der Waals surface area contributed by atoms with E-state index in [1.807, 2.05) is 27.7 Å². The standard InChI is InChI=1S/C11H20.C8H16.2C2H6/c1-11-8-4-2-6-10(11)7-3-5-9-11;1-7-5-3-4-6-8(7)2;2*1-2/h10H,2-9H2,1H3;7-8H,3-6H2,1-2H3;2*1-2H3. The summed E-state index contributed by atoms with van der Waals surface area (Å²) in [5.74, 6) is 3.11. The number of fused-ring (bicyclic) bond motifs is 1. The van der Waals surface area contributed by atoms with Crippen LogP contribution in [0.1, 0.15) is 126 Å². The molecule has 0 heteroatoms. The summed E-state index contributed by atoms with van der Waals surface area (Å²) < 4.78 is 0. The maximum atomic E-state index is 2.54. The van der Waals surface area contributed by atoms with Gasteiger partial charge in [0, 0.05) is 0 Å². The first-order valence-electron chi connectivity index (χ1n) is 11.1. The highest BCUT2D eigenvalue weighted by molar-refractivity contribution is 4.88. The minimum absolute atomic E-state index is 0.774. The Labute approximate surface area is 149 Å². The molecule has 3 rings (SSSR count). The number of hydrogen-bond acceptors (Lipinski definition) is 0. The van der Waals surface area contributed by atoms with Crippen LogP contribution >= 0.6 is 0 Å². The van der Waals surface area contributed by atoms with Gasteiger partial charge in [-0.2, -0.15) is 0 Å². The predicted octanol–water partition coefficient (Wildman–Crippen LogP) is 8.64. The third kappa shape index (κ3) is 8.08. The van der Waals surface area contributed by atoms with Gasteiger partial charge in [0.15, 0.2) is 0 Å². The highest BCUT2D eigenvalue weighted by Gasteiger charge is 2.37. The summed E-state index contributed by atoms with van der Waals surface area (Å²) in [7, 11) is 0. The molecule has 3 saturated carbocycles. The Morgan fingerprint density at radius 2 is 0.913 bits per heavy atom. The van der Waals surface area contributed by atoms with Crippen LogP contribution < -0.4 is 0 Å². The zero-order valence-corrected chi connectivity index (χ0v) is 17.7. The molecule has 140 valence electrons. The number of rotatable bonds is 0. The van der Waals surface area contributed by atoms with E-state index in [-0.39, 0.29) is 0 Å². The van der Waals surface area contributed by atoms with E-state index in [0.717, 1.165) is 23.2 Å². The average molecular weight is 325 g/mol. The van der Waals surface area contributed by atoms with Crippen LogP contribution in [-0.2, 0) is 0 Å². The van der Waals surface area contributed by atoms with Crippen LogP contribution in [0.15, 0.2) is 0 Å². The summed E-state index contributed by atoms with van der Waals surface area (Å²) in [6.45, 7) is 15.3. The molecular formula is C23H48. The molecule has 2 atom stereocenters. The Morgan fingerprint density at radius 3 is 1.22 bits per heavy atom. The normalized spacial score (nSPS) is 35.9. The van der Waals surface area contributed by atoms with Crippen molar-refractivity contribution in [2.75, 3.05) is 0 Å². The highest BCUT2D eigenvalue weighted by atomic mass is 14.4. The SMILES string of the molecule is CC.CC.CC12CCCCC1CCCC2.CC1CCCCC1C. The first kappa shape index (κ1) is 23.0. The summed E-state index contributed by atoms with van der Waals surface area (Å²) >= 11 is 0. The quantitative estimate of drug-likeness (QED) is 0.418. The van der Waals surface area contributed by atoms with Crippen LogP contribution in [0, 0.1) is 23.2 Å². The van der Waals surface area contributed by atoms with Crippen LogP contribution in [0.5, 0.6) is 0 Å². The van der Waals surface area contributed by atoms with Crippen LogP contribution in [0.25, 0.3) is 0 Å². The molecule has 3 fully saturated rings. The molecule has 0 aliphatic heterocycles. The van der Waals surface area contributed by atoms with Gasteiger partial charge in [-0.05, 0) is 48.9 Å². The molecular weight excluding hydrogens is 276 g/mol. The van der Waals surface area contributed by atoms with Gasteiger partial charge in [-0.25, -0.2) is 0 Å². The molecule has 0 aromatic heterocycles. The van der Waals surface area contributed by atoms with Crippen LogP contribution in [0.2, 0.25) is 0 Å². The molecule has 0 saturated heterocycles. The van der Waals surface area contributed by atoms with Crippen molar-refractivity contribution in [3.63, 3.8) is 0 Å². The van der Waals surface area contributed by atoms with Gasteiger partial charge in [-0.3, -0.25) is 0 Å². The fraction of sp³-hybridized carbons (Fsp3) is 1.00. The summed E-state index contributed by atoms with van der Waals surface area (Å²) in [5, 5.41) is 0. The second-order valence-corrected chi connectivity index (χ2v) is 8.08. The lowest BCUT2D eigenvalue weighted by Crippen LogP contribution is -2.33. The molecule has 0 aromatic rings. The lowest BCUT2D eigenvalue weighted by Gasteiger charge is -2.45. The lowest BCUT2D eigenvalue weighted by molar-refractivity contribution is 0.0647. The van der Waals surface area contributed by atoms with E-state index >= 15 is 0 Å². The summed E-state index contributed by atoms with van der Waals surface area (Å²) in [5.41, 5.74) is 0.774. The summed E-state index contributed by atoms with van der Waals surface area (Å²) in [4.78, 5) is 0. The second kappa shape index (κ2) is 13.3. The lowest BCUT2D eigenvalue weighted by atomic mass is 9.61. The third-order valence-corrected chi connectivity index (χ3v) is 6.63. The summed E-state index contributed by atoms with van der Waals surface area (Å²) in [6, 6.07) is 0. The topological polar surface area (TPSA) is 0 Å². The van der Waals surface area contributed by atoms with Gasteiger partial charge in [0.2, 0.25) is 0 Å². The average Bonchev–Trinajstić information content (AvgIpc) is 2.61. The molecule has 0 nitrogen and oxygen atoms in total. The molecule has 0 heterocycles. The van der Waals surface area contributed by atoms with E-state index in [1.165, 1.54) is 77.0 Å². The molecule has 23 heavy (non-hydrogen) atoms. The largest absolute Gasteiger partial charge is 0.0683 e. The predicted molar refractivity (Wildman–Crippen MR) is 108 cm³/mol. The summed E-state index contributed by atoms with van der Waals surface area (Å²) in [6.07, 6.45) is 18.1. The zero-order valence-electron chi connectivity index (χ0n) is 17.7. The maximum Gasteiger partial charge on any atom is -0.0298 e. The van der Waals surface area contributed by atoms with Crippen molar-refractivity contribution in [2.24, 2.45) is 23.2 Å². The molecule has 3 aliphatic rings. The van der Waals surface area contributed by atoms with E-state index in [1.54, 1.807) is 0 Å². The van der Waals surface area contributed by atoms with Gasteiger partial charge in [-0.1, -0.05) is 99.8 Å². The van der Waals surface area contributed by atoms with Crippen molar-refractivity contribution < 1.29 is 0 Å². The van der Waals surface area contributed by atoms with E-state index < -0.39 is 0 Å². The van der Waals surface area contributed by atoms with Gasteiger partial charge in [0.25, 0.3) is 0 Å². The van der Waals surface area contributed by atoms with Crippen molar-refractivity contribution in [3.8, 4) is 0 Å². The third-order valence-electron chi connectivity index (χ3n) is 6.63. The first-order chi connectivity index (χ1) is 11.1. The molecule has 0 amide bonds. The second-order valence-electron chi connectivity index (χ2n) is 8.08. The van der Waals surface area contributed by atoms with Crippen LogP contribution in [0.3, 0.4) is 0 Å². The van der Waals surface area contributed by atoms with Crippen LogP contribution in [-0.4, -0.2) is 0 Å². The van der Waals surface area contributed by atoms with Crippen LogP contribution in [0.4, 0.5) is 0 Å². The molecule has 0 bridgehead atoms. The molecule has 0 radical (unpaired) electrons. The van der Waals surface area contributed by atoms with E-state index in [9.17, 15) is 0 Å². The minimum Gasteiger partial charge on any atom is -0.0683 e. The van der Waals surface area contributed by atoms with E-state index in [4.69, 9.17) is 0 Å². The monoisotopic (exact) mass is 324 g/mol. The molecule has 0 aromatic carbocycles. The van der Waals surface area contributed by atoms with Gasteiger partial charge >= 0.3 is 0 Å². The molecule has 3 aliphatic carbocycles. The first-order valence-corrected chi connectivity index (χ1v) is 11.1. The van der Waals surface area contributed by atoms with Crippen molar-refractivity contribution >= 4 is 0 Å². The number of hydrogen-bond donors (Lipinski definition) is 0. The van der Waals surface area contributed by atoms with Gasteiger partial charge < -0.3 is 0 Å². The fourth-order valence-corrected chi connectivity index (χ4v) is 4.72. The molecule has 0 N–H and O–H groups in total. The Balaban J connectivity index is 0.000000358. The highest BCUT2D eigenvalue weighted by Crippen LogP contribution is 2.49. The van der Waals surface area contributed by atoms with Crippen molar-refractivity contribution in [1.82, 2.24) is 0 Å². The Hall–Kier alpha value is 0. The Kier molecular flexibility index (Phi) is 13.3. The van der Waals surface area contributed by atoms with Crippen molar-refractivity contribution in [3.05, 3.63) is 0 Å². The fourth-order valence-electron chi connectivity index (χ4n) is 4.72. The van der Waals surface area contributed by atoms with E-state index in [2.05, 4.69) is 20.8 Å². The Bertz CT molecular complexity index is 233. The van der Waals surface area contributed by atoms with Gasteiger partial charge in [-0.15, -0.1) is 0 Å². The van der Waals surface area contributed by atoms with Gasteiger partial charge in [0.1, 0.15) is 0 Å². The maximum absolute atomic E-state index is 2.54. The van der Waals surface area contributed by atoms with Crippen molar-refractivity contribution in [2.45, 2.75) is 126 Å². The minimum atomic E-state index is 0.774. The molecule has 0 spiro atoms.